The van der Waals surface area contributed by atoms with E-state index in [1.54, 1.807) is 12.5 Å². The number of hydrogen-bond donors (Lipinski definition) is 1. The van der Waals surface area contributed by atoms with Crippen molar-refractivity contribution in [3.63, 3.8) is 0 Å². The molecule has 2 heterocycles. The topological polar surface area (TPSA) is 47.3 Å². The maximum atomic E-state index is 5.90. The zero-order chi connectivity index (χ0) is 14.5. The Hall–Kier alpha value is -2.33. The van der Waals surface area contributed by atoms with Crippen LogP contribution >= 0.6 is 0 Å². The summed E-state index contributed by atoms with van der Waals surface area (Å²) in [6, 6.07) is 11.9. The third-order valence-electron chi connectivity index (χ3n) is 3.36. The minimum Gasteiger partial charge on any atom is -0.483 e. The second kappa shape index (κ2) is 6.41. The van der Waals surface area contributed by atoms with Gasteiger partial charge in [0.25, 0.3) is 0 Å². The van der Waals surface area contributed by atoms with Gasteiger partial charge in [-0.15, -0.1) is 0 Å². The van der Waals surface area contributed by atoms with Crippen molar-refractivity contribution in [3.8, 4) is 5.75 Å². The Kier molecular flexibility index (Phi) is 4.17. The molecular formula is C17H18N2O2. The molecule has 108 valence electrons. The smallest absolute Gasteiger partial charge is 0.146 e. The van der Waals surface area contributed by atoms with Crippen molar-refractivity contribution in [2.45, 2.75) is 20.1 Å². The highest BCUT2D eigenvalue weighted by Gasteiger charge is 2.08. The number of para-hydroxylation sites is 1. The van der Waals surface area contributed by atoms with Crippen LogP contribution in [-0.2, 0) is 13.2 Å². The first-order chi connectivity index (χ1) is 10.4. The Morgan fingerprint density at radius 3 is 3.00 bits per heavy atom. The summed E-state index contributed by atoms with van der Waals surface area (Å²) < 4.78 is 11.4. The van der Waals surface area contributed by atoms with Crippen LogP contribution in [0.4, 0.5) is 0 Å². The van der Waals surface area contributed by atoms with E-state index in [0.29, 0.717) is 6.61 Å². The van der Waals surface area contributed by atoms with Crippen LogP contribution in [0.5, 0.6) is 5.75 Å². The van der Waals surface area contributed by atoms with Gasteiger partial charge in [-0.2, -0.15) is 0 Å². The summed E-state index contributed by atoms with van der Waals surface area (Å²) >= 11 is 0. The van der Waals surface area contributed by atoms with E-state index in [2.05, 4.69) is 17.2 Å². The molecule has 0 aliphatic carbocycles. The number of nitrogens with zero attached hydrogens (tertiary/aromatic N) is 1. The van der Waals surface area contributed by atoms with Gasteiger partial charge in [-0.25, -0.2) is 0 Å². The van der Waals surface area contributed by atoms with Crippen LogP contribution in [0, 0.1) is 0 Å². The molecule has 1 N–H and O–H groups in total. The Bertz CT molecular complexity index is 716. The van der Waals surface area contributed by atoms with E-state index in [1.807, 2.05) is 36.4 Å². The molecule has 4 nitrogen and oxygen atoms in total. The van der Waals surface area contributed by atoms with Gasteiger partial charge in [0, 0.05) is 23.7 Å². The summed E-state index contributed by atoms with van der Waals surface area (Å²) in [7, 11) is 0. The average Bonchev–Trinajstić information content (AvgIpc) is 2.98. The van der Waals surface area contributed by atoms with Crippen molar-refractivity contribution in [1.29, 1.82) is 0 Å². The number of fused-ring (bicyclic) bond motifs is 1. The van der Waals surface area contributed by atoms with Gasteiger partial charge in [0.15, 0.2) is 0 Å². The van der Waals surface area contributed by atoms with Gasteiger partial charge < -0.3 is 14.5 Å². The number of benzene rings is 1. The zero-order valence-corrected chi connectivity index (χ0v) is 12.0. The summed E-state index contributed by atoms with van der Waals surface area (Å²) in [4.78, 5) is 4.39. The van der Waals surface area contributed by atoms with Crippen molar-refractivity contribution in [2.75, 3.05) is 6.54 Å². The molecule has 0 saturated heterocycles. The second-order valence-corrected chi connectivity index (χ2v) is 4.77. The van der Waals surface area contributed by atoms with Gasteiger partial charge in [0.1, 0.15) is 23.6 Å². The third-order valence-corrected chi connectivity index (χ3v) is 3.36. The third kappa shape index (κ3) is 3.06. The number of furan rings is 1. The Morgan fingerprint density at radius 2 is 2.10 bits per heavy atom. The standard InChI is InChI=1S/C17H18N2O2/c1-2-18-11-14-8-10-20-16(14)12-21-15-7-3-5-13-6-4-9-19-17(13)15/h3-10,18H,2,11-12H2,1H3. The number of hydrogen-bond acceptors (Lipinski definition) is 4. The molecule has 0 spiro atoms. The quantitative estimate of drug-likeness (QED) is 0.751. The van der Waals surface area contributed by atoms with Crippen LogP contribution < -0.4 is 10.1 Å². The molecule has 21 heavy (non-hydrogen) atoms. The molecule has 0 saturated carbocycles. The summed E-state index contributed by atoms with van der Waals surface area (Å²) in [6.07, 6.45) is 3.48. The lowest BCUT2D eigenvalue weighted by molar-refractivity contribution is 0.270. The van der Waals surface area contributed by atoms with Crippen molar-refractivity contribution in [1.82, 2.24) is 10.3 Å². The normalized spacial score (nSPS) is 10.9. The Labute approximate surface area is 123 Å². The van der Waals surface area contributed by atoms with Crippen LogP contribution in [0.25, 0.3) is 10.9 Å². The first-order valence-corrected chi connectivity index (χ1v) is 7.11. The fourth-order valence-corrected chi connectivity index (χ4v) is 2.25. The molecule has 3 aromatic rings. The molecule has 4 heteroatoms. The predicted molar refractivity (Wildman–Crippen MR) is 82.2 cm³/mol. The summed E-state index contributed by atoms with van der Waals surface area (Å²) in [5.74, 6) is 1.63. The Balaban J connectivity index is 1.76. The fraction of sp³-hybridized carbons (Fsp3) is 0.235. The molecule has 0 aliphatic rings. The average molecular weight is 282 g/mol. The molecule has 0 fully saturated rings. The monoisotopic (exact) mass is 282 g/mol. The van der Waals surface area contributed by atoms with Gasteiger partial charge in [-0.1, -0.05) is 25.1 Å². The van der Waals surface area contributed by atoms with Crippen LogP contribution in [-0.4, -0.2) is 11.5 Å². The van der Waals surface area contributed by atoms with Gasteiger partial charge in [-0.05, 0) is 24.7 Å². The van der Waals surface area contributed by atoms with E-state index in [1.165, 1.54) is 0 Å². The van der Waals surface area contributed by atoms with E-state index >= 15 is 0 Å². The highest BCUT2D eigenvalue weighted by atomic mass is 16.5. The number of ether oxygens (including phenoxy) is 1. The van der Waals surface area contributed by atoms with Crippen LogP contribution in [0.3, 0.4) is 0 Å². The first-order valence-electron chi connectivity index (χ1n) is 7.11. The number of rotatable bonds is 6. The van der Waals surface area contributed by atoms with Gasteiger partial charge in [-0.3, -0.25) is 4.98 Å². The molecule has 0 radical (unpaired) electrons. The van der Waals surface area contributed by atoms with Crippen molar-refractivity contribution in [3.05, 3.63) is 60.2 Å². The second-order valence-electron chi connectivity index (χ2n) is 4.77. The number of pyridine rings is 1. The molecular weight excluding hydrogens is 264 g/mol. The van der Waals surface area contributed by atoms with Crippen molar-refractivity contribution < 1.29 is 9.15 Å². The maximum absolute atomic E-state index is 5.90. The molecule has 0 unspecified atom stereocenters. The van der Waals surface area contributed by atoms with E-state index in [-0.39, 0.29) is 0 Å². The summed E-state index contributed by atoms with van der Waals surface area (Å²) in [6.45, 7) is 4.21. The van der Waals surface area contributed by atoms with E-state index in [4.69, 9.17) is 9.15 Å². The number of nitrogens with one attached hydrogen (secondary N) is 1. The van der Waals surface area contributed by atoms with Gasteiger partial charge in [0.05, 0.1) is 6.26 Å². The van der Waals surface area contributed by atoms with E-state index in [9.17, 15) is 0 Å². The molecule has 0 bridgehead atoms. The molecule has 0 atom stereocenters. The summed E-state index contributed by atoms with van der Waals surface area (Å²) in [5, 5.41) is 4.36. The molecule has 0 amide bonds. The van der Waals surface area contributed by atoms with Crippen LogP contribution in [0.1, 0.15) is 18.2 Å². The fourth-order valence-electron chi connectivity index (χ4n) is 2.25. The number of aromatic nitrogens is 1. The molecule has 2 aromatic heterocycles. The molecule has 3 rings (SSSR count). The minimum atomic E-state index is 0.406. The van der Waals surface area contributed by atoms with Crippen LogP contribution in [0.2, 0.25) is 0 Å². The van der Waals surface area contributed by atoms with E-state index < -0.39 is 0 Å². The SMILES string of the molecule is CCNCc1ccoc1COc1cccc2cccnc12. The minimum absolute atomic E-state index is 0.406. The maximum Gasteiger partial charge on any atom is 0.146 e. The van der Waals surface area contributed by atoms with Crippen molar-refractivity contribution >= 4 is 10.9 Å². The predicted octanol–water partition coefficient (Wildman–Crippen LogP) is 3.52. The zero-order valence-electron chi connectivity index (χ0n) is 12.0. The lowest BCUT2D eigenvalue weighted by Crippen LogP contribution is -2.12. The summed E-state index contributed by atoms with van der Waals surface area (Å²) in [5.41, 5.74) is 2.00. The van der Waals surface area contributed by atoms with E-state index in [0.717, 1.165) is 41.1 Å². The molecule has 1 aromatic carbocycles. The lowest BCUT2D eigenvalue weighted by atomic mass is 10.2. The van der Waals surface area contributed by atoms with Gasteiger partial charge >= 0.3 is 0 Å². The van der Waals surface area contributed by atoms with Crippen LogP contribution in [0.15, 0.2) is 53.3 Å². The first kappa shape index (κ1) is 13.6. The lowest BCUT2D eigenvalue weighted by Gasteiger charge is -2.08. The largest absolute Gasteiger partial charge is 0.483 e. The highest BCUT2D eigenvalue weighted by molar-refractivity contribution is 5.84. The Morgan fingerprint density at radius 1 is 1.19 bits per heavy atom. The van der Waals surface area contributed by atoms with Gasteiger partial charge in [0.2, 0.25) is 0 Å². The molecule has 0 aliphatic heterocycles. The van der Waals surface area contributed by atoms with Crippen molar-refractivity contribution in [2.24, 2.45) is 0 Å². The highest BCUT2D eigenvalue weighted by Crippen LogP contribution is 2.24.